The number of nitrogens with one attached hydrogen (secondary N) is 1. The average molecular weight is 310 g/mol. The zero-order chi connectivity index (χ0) is 14.8. The van der Waals surface area contributed by atoms with E-state index in [0.29, 0.717) is 34.8 Å². The van der Waals surface area contributed by atoms with Crippen LogP contribution in [0.3, 0.4) is 0 Å². The molecule has 1 saturated heterocycles. The molecular weight excluding hydrogens is 293 g/mol. The number of H-pyrrole nitrogens is 1. The highest BCUT2D eigenvalue weighted by Gasteiger charge is 2.22. The number of anilines is 1. The summed E-state index contributed by atoms with van der Waals surface area (Å²) in [6.45, 7) is 2.47. The highest BCUT2D eigenvalue weighted by Crippen LogP contribution is 2.27. The van der Waals surface area contributed by atoms with Gasteiger partial charge in [0.25, 0.3) is 0 Å². The zero-order valence-corrected chi connectivity index (χ0v) is 12.3. The van der Waals surface area contributed by atoms with Crippen molar-refractivity contribution in [2.45, 2.75) is 12.8 Å². The number of aromatic amines is 1. The van der Waals surface area contributed by atoms with E-state index in [1.165, 1.54) is 12.1 Å². The maximum absolute atomic E-state index is 13.1. The standard InChI is InChI=1S/C14H17ClFN5/c15-12-6-10(16)3-4-11(12)13-18-14(20-19-13)21-5-1-2-9(7-17)8-21/h3-4,6,9H,1-2,5,7-8,17H2,(H,18,19,20). The fourth-order valence-corrected chi connectivity index (χ4v) is 2.89. The fraction of sp³-hybridized carbons (Fsp3) is 0.429. The van der Waals surface area contributed by atoms with Crippen LogP contribution in [0.15, 0.2) is 18.2 Å². The van der Waals surface area contributed by atoms with Crippen molar-refractivity contribution >= 4 is 17.5 Å². The third kappa shape index (κ3) is 3.01. The van der Waals surface area contributed by atoms with E-state index in [1.807, 2.05) is 0 Å². The molecule has 1 aromatic heterocycles. The Balaban J connectivity index is 1.83. The van der Waals surface area contributed by atoms with Gasteiger partial charge in [-0.3, -0.25) is 5.10 Å². The Bertz CT molecular complexity index is 630. The summed E-state index contributed by atoms with van der Waals surface area (Å²) in [5.41, 5.74) is 6.39. The van der Waals surface area contributed by atoms with Gasteiger partial charge in [0.1, 0.15) is 5.82 Å². The van der Waals surface area contributed by atoms with Crippen LogP contribution in [-0.4, -0.2) is 34.8 Å². The van der Waals surface area contributed by atoms with E-state index in [0.717, 1.165) is 25.9 Å². The van der Waals surface area contributed by atoms with Crippen molar-refractivity contribution in [1.82, 2.24) is 15.2 Å². The van der Waals surface area contributed by atoms with Crippen molar-refractivity contribution in [3.8, 4) is 11.4 Å². The lowest BCUT2D eigenvalue weighted by Crippen LogP contribution is -2.38. The number of hydrogen-bond acceptors (Lipinski definition) is 4. The number of nitrogens with zero attached hydrogens (tertiary/aromatic N) is 3. The van der Waals surface area contributed by atoms with Crippen LogP contribution >= 0.6 is 11.6 Å². The number of halogens is 2. The van der Waals surface area contributed by atoms with E-state index in [9.17, 15) is 4.39 Å². The lowest BCUT2D eigenvalue weighted by atomic mass is 9.99. The third-order valence-corrected chi connectivity index (χ3v) is 4.11. The molecule has 0 aliphatic carbocycles. The van der Waals surface area contributed by atoms with Gasteiger partial charge in [-0.2, -0.15) is 4.98 Å². The van der Waals surface area contributed by atoms with Crippen LogP contribution in [0.5, 0.6) is 0 Å². The Hall–Kier alpha value is -1.66. The minimum atomic E-state index is -0.370. The Morgan fingerprint density at radius 3 is 3.10 bits per heavy atom. The van der Waals surface area contributed by atoms with Gasteiger partial charge in [0.2, 0.25) is 5.95 Å². The maximum Gasteiger partial charge on any atom is 0.245 e. The highest BCUT2D eigenvalue weighted by molar-refractivity contribution is 6.33. The Morgan fingerprint density at radius 2 is 2.33 bits per heavy atom. The van der Waals surface area contributed by atoms with Gasteiger partial charge in [-0.15, -0.1) is 5.10 Å². The van der Waals surface area contributed by atoms with Gasteiger partial charge < -0.3 is 10.6 Å². The Labute approximate surface area is 127 Å². The number of benzene rings is 1. The van der Waals surface area contributed by atoms with Crippen LogP contribution < -0.4 is 10.6 Å². The molecule has 5 nitrogen and oxygen atoms in total. The first-order chi connectivity index (χ1) is 10.2. The summed E-state index contributed by atoms with van der Waals surface area (Å²) in [6.07, 6.45) is 2.23. The molecule has 1 aromatic carbocycles. The zero-order valence-electron chi connectivity index (χ0n) is 11.5. The van der Waals surface area contributed by atoms with E-state index in [1.54, 1.807) is 6.07 Å². The van der Waals surface area contributed by atoms with Crippen molar-refractivity contribution in [3.63, 3.8) is 0 Å². The van der Waals surface area contributed by atoms with Crippen molar-refractivity contribution in [3.05, 3.63) is 29.0 Å². The topological polar surface area (TPSA) is 70.8 Å². The molecule has 0 saturated carbocycles. The van der Waals surface area contributed by atoms with Gasteiger partial charge in [0.15, 0.2) is 5.82 Å². The molecule has 0 radical (unpaired) electrons. The summed E-state index contributed by atoms with van der Waals surface area (Å²) in [7, 11) is 0. The molecule has 0 bridgehead atoms. The third-order valence-electron chi connectivity index (χ3n) is 3.80. The normalized spacial score (nSPS) is 19.0. The summed E-state index contributed by atoms with van der Waals surface area (Å²) < 4.78 is 13.1. The first-order valence-electron chi connectivity index (χ1n) is 7.00. The first-order valence-corrected chi connectivity index (χ1v) is 7.38. The Kier molecular flexibility index (Phi) is 4.07. The molecule has 112 valence electrons. The van der Waals surface area contributed by atoms with E-state index in [-0.39, 0.29) is 5.82 Å². The minimum Gasteiger partial charge on any atom is -0.339 e. The molecule has 1 aliphatic heterocycles. The van der Waals surface area contributed by atoms with Crippen LogP contribution in [0.2, 0.25) is 5.02 Å². The molecule has 0 spiro atoms. The summed E-state index contributed by atoms with van der Waals surface area (Å²) in [5.74, 6) is 1.30. The molecule has 0 amide bonds. The quantitative estimate of drug-likeness (QED) is 0.913. The second-order valence-corrected chi connectivity index (χ2v) is 5.71. The predicted molar refractivity (Wildman–Crippen MR) is 80.8 cm³/mol. The molecule has 1 unspecified atom stereocenters. The lowest BCUT2D eigenvalue weighted by Gasteiger charge is -2.31. The molecule has 7 heteroatoms. The fourth-order valence-electron chi connectivity index (χ4n) is 2.64. The number of rotatable bonds is 3. The molecule has 1 atom stereocenters. The van der Waals surface area contributed by atoms with Gasteiger partial charge in [-0.25, -0.2) is 4.39 Å². The van der Waals surface area contributed by atoms with Crippen LogP contribution in [0.25, 0.3) is 11.4 Å². The molecule has 1 aliphatic rings. The van der Waals surface area contributed by atoms with E-state index in [2.05, 4.69) is 20.1 Å². The predicted octanol–water partition coefficient (Wildman–Crippen LogP) is 2.44. The minimum absolute atomic E-state index is 0.316. The summed E-state index contributed by atoms with van der Waals surface area (Å²) >= 11 is 6.05. The Morgan fingerprint density at radius 1 is 1.48 bits per heavy atom. The smallest absolute Gasteiger partial charge is 0.245 e. The largest absolute Gasteiger partial charge is 0.339 e. The van der Waals surface area contributed by atoms with Crippen molar-refractivity contribution in [2.24, 2.45) is 11.7 Å². The highest BCUT2D eigenvalue weighted by atomic mass is 35.5. The summed E-state index contributed by atoms with van der Waals surface area (Å²) in [6, 6.07) is 4.22. The summed E-state index contributed by atoms with van der Waals surface area (Å²) in [4.78, 5) is 6.60. The van der Waals surface area contributed by atoms with Crippen LogP contribution in [0, 0.1) is 11.7 Å². The molecular formula is C14H17ClFN5. The number of aromatic nitrogens is 3. The van der Waals surface area contributed by atoms with Crippen molar-refractivity contribution in [1.29, 1.82) is 0 Å². The van der Waals surface area contributed by atoms with Gasteiger partial charge >= 0.3 is 0 Å². The molecule has 2 aromatic rings. The molecule has 3 N–H and O–H groups in total. The van der Waals surface area contributed by atoms with E-state index in [4.69, 9.17) is 17.3 Å². The van der Waals surface area contributed by atoms with E-state index < -0.39 is 0 Å². The van der Waals surface area contributed by atoms with Crippen LogP contribution in [0.4, 0.5) is 10.3 Å². The average Bonchev–Trinajstić information content (AvgIpc) is 2.97. The monoisotopic (exact) mass is 309 g/mol. The van der Waals surface area contributed by atoms with E-state index >= 15 is 0 Å². The number of hydrogen-bond donors (Lipinski definition) is 2. The van der Waals surface area contributed by atoms with Crippen LogP contribution in [0.1, 0.15) is 12.8 Å². The van der Waals surface area contributed by atoms with Crippen LogP contribution in [-0.2, 0) is 0 Å². The van der Waals surface area contributed by atoms with Crippen molar-refractivity contribution < 1.29 is 4.39 Å². The molecule has 21 heavy (non-hydrogen) atoms. The summed E-state index contributed by atoms with van der Waals surface area (Å²) in [5, 5.41) is 7.43. The SMILES string of the molecule is NCC1CCCN(c2n[nH]c(-c3ccc(F)cc3Cl)n2)C1. The number of nitrogens with two attached hydrogens (primary N) is 1. The molecule has 1 fully saturated rings. The second kappa shape index (κ2) is 5.99. The second-order valence-electron chi connectivity index (χ2n) is 5.30. The van der Waals surface area contributed by atoms with Crippen molar-refractivity contribution in [2.75, 3.05) is 24.5 Å². The van der Waals surface area contributed by atoms with Gasteiger partial charge in [-0.05, 0) is 43.5 Å². The number of piperidine rings is 1. The molecule has 2 heterocycles. The van der Waals surface area contributed by atoms with Gasteiger partial charge in [0.05, 0.1) is 5.02 Å². The first kappa shape index (κ1) is 14.3. The maximum atomic E-state index is 13.1. The van der Waals surface area contributed by atoms with Gasteiger partial charge in [0, 0.05) is 18.7 Å². The molecule has 3 rings (SSSR count). The lowest BCUT2D eigenvalue weighted by molar-refractivity contribution is 0.420. The van der Waals surface area contributed by atoms with Gasteiger partial charge in [-0.1, -0.05) is 11.6 Å².